The fourth-order valence-electron chi connectivity index (χ4n) is 4.28. The van der Waals surface area contributed by atoms with E-state index < -0.39 is 0 Å². The number of nitrogens with zero attached hydrogens (tertiary/aromatic N) is 1. The number of halogens is 1. The quantitative estimate of drug-likeness (QED) is 0.492. The molecule has 1 aliphatic rings. The molecule has 0 saturated carbocycles. The van der Waals surface area contributed by atoms with Gasteiger partial charge in [0.1, 0.15) is 0 Å². The van der Waals surface area contributed by atoms with Crippen molar-refractivity contribution in [2.75, 3.05) is 18.4 Å². The molecular formula is C27H27ClN2O2. The van der Waals surface area contributed by atoms with Crippen LogP contribution in [0.3, 0.4) is 0 Å². The number of amides is 1. The standard InChI is InChI=1S/C27H27ClN2O2/c1-19-7-5-8-20(15-19)17-30-14-6-11-22(18-30)27(32)29-25-13-12-23(28)16-24(25)26(31)21-9-3-2-4-10-21/h2-5,7-10,12-13,15-16,22H,6,11,14,17-18H2,1H3,(H,29,32). The third kappa shape index (κ3) is 5.45. The fourth-order valence-corrected chi connectivity index (χ4v) is 4.45. The summed E-state index contributed by atoms with van der Waals surface area (Å²) in [6, 6.07) is 22.6. The van der Waals surface area contributed by atoms with Crippen molar-refractivity contribution in [1.29, 1.82) is 0 Å². The Hall–Kier alpha value is -2.95. The minimum absolute atomic E-state index is 0.0524. The van der Waals surface area contributed by atoms with Crippen molar-refractivity contribution in [3.63, 3.8) is 0 Å². The molecule has 0 spiro atoms. The van der Waals surface area contributed by atoms with Crippen LogP contribution >= 0.6 is 11.6 Å². The van der Waals surface area contributed by atoms with Crippen LogP contribution < -0.4 is 5.32 Å². The van der Waals surface area contributed by atoms with Gasteiger partial charge in [-0.15, -0.1) is 0 Å². The lowest BCUT2D eigenvalue weighted by atomic mass is 9.95. The van der Waals surface area contributed by atoms with E-state index in [2.05, 4.69) is 41.4 Å². The van der Waals surface area contributed by atoms with Crippen molar-refractivity contribution in [2.45, 2.75) is 26.3 Å². The van der Waals surface area contributed by atoms with Gasteiger partial charge in [-0.3, -0.25) is 14.5 Å². The van der Waals surface area contributed by atoms with E-state index >= 15 is 0 Å². The van der Waals surface area contributed by atoms with Crippen molar-refractivity contribution >= 4 is 29.0 Å². The zero-order chi connectivity index (χ0) is 22.5. The Labute approximate surface area is 194 Å². The molecule has 0 aromatic heterocycles. The molecule has 1 aliphatic heterocycles. The number of piperidine rings is 1. The number of anilines is 1. The van der Waals surface area contributed by atoms with Crippen LogP contribution in [0.15, 0.2) is 72.8 Å². The van der Waals surface area contributed by atoms with Gasteiger partial charge in [-0.1, -0.05) is 71.8 Å². The summed E-state index contributed by atoms with van der Waals surface area (Å²) >= 11 is 6.17. The van der Waals surface area contributed by atoms with E-state index in [0.717, 1.165) is 25.9 Å². The molecule has 5 heteroatoms. The maximum atomic E-state index is 13.1. The lowest BCUT2D eigenvalue weighted by molar-refractivity contribution is -0.121. The first-order valence-corrected chi connectivity index (χ1v) is 11.4. The zero-order valence-electron chi connectivity index (χ0n) is 18.2. The minimum Gasteiger partial charge on any atom is -0.325 e. The van der Waals surface area contributed by atoms with Gasteiger partial charge in [0.05, 0.1) is 11.6 Å². The lowest BCUT2D eigenvalue weighted by Gasteiger charge is -2.32. The maximum absolute atomic E-state index is 13.1. The second-order valence-corrected chi connectivity index (χ2v) is 8.87. The van der Waals surface area contributed by atoms with Crippen molar-refractivity contribution in [3.8, 4) is 0 Å². The molecule has 4 rings (SSSR count). The van der Waals surface area contributed by atoms with Crippen LogP contribution in [0.4, 0.5) is 5.69 Å². The summed E-state index contributed by atoms with van der Waals surface area (Å²) in [6.07, 6.45) is 1.81. The second-order valence-electron chi connectivity index (χ2n) is 8.44. The van der Waals surface area contributed by atoms with Gasteiger partial charge >= 0.3 is 0 Å². The van der Waals surface area contributed by atoms with Crippen LogP contribution in [-0.2, 0) is 11.3 Å². The van der Waals surface area contributed by atoms with Gasteiger partial charge in [0.15, 0.2) is 5.78 Å². The number of benzene rings is 3. The molecule has 3 aromatic rings. The van der Waals surface area contributed by atoms with Crippen molar-refractivity contribution in [3.05, 3.63) is 100 Å². The Morgan fingerprint density at radius 1 is 1.03 bits per heavy atom. The van der Waals surface area contributed by atoms with Gasteiger partial charge in [0.25, 0.3) is 0 Å². The predicted octanol–water partition coefficient (Wildman–Crippen LogP) is 5.73. The average Bonchev–Trinajstić information content (AvgIpc) is 2.80. The van der Waals surface area contributed by atoms with Gasteiger partial charge in [-0.05, 0) is 50.1 Å². The first-order valence-electron chi connectivity index (χ1n) is 11.0. The Morgan fingerprint density at radius 2 is 1.84 bits per heavy atom. The molecule has 0 bridgehead atoms. The number of carbonyl (C=O) groups excluding carboxylic acids is 2. The van der Waals surface area contributed by atoms with Gasteiger partial charge in [0, 0.05) is 29.2 Å². The fraction of sp³-hybridized carbons (Fsp3) is 0.259. The number of hydrogen-bond acceptors (Lipinski definition) is 3. The largest absolute Gasteiger partial charge is 0.325 e. The number of rotatable bonds is 6. The lowest BCUT2D eigenvalue weighted by Crippen LogP contribution is -2.40. The van der Waals surface area contributed by atoms with Gasteiger partial charge in [-0.25, -0.2) is 0 Å². The number of nitrogens with one attached hydrogen (secondary N) is 1. The van der Waals surface area contributed by atoms with E-state index in [4.69, 9.17) is 11.6 Å². The molecular weight excluding hydrogens is 420 g/mol. The molecule has 1 fully saturated rings. The number of carbonyl (C=O) groups is 2. The highest BCUT2D eigenvalue weighted by Crippen LogP contribution is 2.26. The monoisotopic (exact) mass is 446 g/mol. The third-order valence-electron chi connectivity index (χ3n) is 5.89. The first-order chi connectivity index (χ1) is 15.5. The molecule has 164 valence electrons. The number of ketones is 1. The van der Waals surface area contributed by atoms with Crippen molar-refractivity contribution in [1.82, 2.24) is 4.90 Å². The smallest absolute Gasteiger partial charge is 0.228 e. The molecule has 1 saturated heterocycles. The van der Waals surface area contributed by atoms with Crippen molar-refractivity contribution < 1.29 is 9.59 Å². The van der Waals surface area contributed by atoms with E-state index in [9.17, 15) is 9.59 Å². The molecule has 1 N–H and O–H groups in total. The summed E-state index contributed by atoms with van der Waals surface area (Å²) in [5.74, 6) is -0.333. The van der Waals surface area contributed by atoms with E-state index in [0.29, 0.717) is 28.4 Å². The Morgan fingerprint density at radius 3 is 2.62 bits per heavy atom. The molecule has 3 aromatic carbocycles. The average molecular weight is 447 g/mol. The second kappa shape index (κ2) is 10.1. The highest BCUT2D eigenvalue weighted by atomic mass is 35.5. The SMILES string of the molecule is Cc1cccc(CN2CCCC(C(=O)Nc3ccc(Cl)cc3C(=O)c3ccccc3)C2)c1. The molecule has 32 heavy (non-hydrogen) atoms. The summed E-state index contributed by atoms with van der Waals surface area (Å²) < 4.78 is 0. The normalized spacial score (nSPS) is 16.5. The van der Waals surface area contributed by atoms with E-state index in [-0.39, 0.29) is 17.6 Å². The van der Waals surface area contributed by atoms with Gasteiger partial charge in [0.2, 0.25) is 5.91 Å². The highest BCUT2D eigenvalue weighted by Gasteiger charge is 2.27. The van der Waals surface area contributed by atoms with Crippen LogP contribution in [0.1, 0.15) is 39.9 Å². The molecule has 4 nitrogen and oxygen atoms in total. The minimum atomic E-state index is -0.159. The van der Waals surface area contributed by atoms with Crippen LogP contribution in [0, 0.1) is 12.8 Å². The van der Waals surface area contributed by atoms with Crippen LogP contribution in [0.5, 0.6) is 0 Å². The Balaban J connectivity index is 1.47. The van der Waals surface area contributed by atoms with E-state index in [1.54, 1.807) is 30.3 Å². The predicted molar refractivity (Wildman–Crippen MR) is 129 cm³/mol. The zero-order valence-corrected chi connectivity index (χ0v) is 18.9. The summed E-state index contributed by atoms with van der Waals surface area (Å²) in [5, 5.41) is 3.47. The number of aryl methyl sites for hydroxylation is 1. The highest BCUT2D eigenvalue weighted by molar-refractivity contribution is 6.31. The summed E-state index contributed by atoms with van der Waals surface area (Å²) in [5.41, 5.74) is 3.98. The molecule has 0 radical (unpaired) electrons. The summed E-state index contributed by atoms with van der Waals surface area (Å²) in [7, 11) is 0. The Bertz CT molecular complexity index is 1110. The molecule has 0 aliphatic carbocycles. The first kappa shape index (κ1) is 22.3. The van der Waals surface area contributed by atoms with Crippen LogP contribution in [-0.4, -0.2) is 29.7 Å². The number of likely N-dealkylation sites (tertiary alicyclic amines) is 1. The van der Waals surface area contributed by atoms with Crippen molar-refractivity contribution in [2.24, 2.45) is 5.92 Å². The molecule has 1 amide bonds. The topological polar surface area (TPSA) is 49.4 Å². The third-order valence-corrected chi connectivity index (χ3v) is 6.12. The van der Waals surface area contributed by atoms with Crippen LogP contribution in [0.25, 0.3) is 0 Å². The van der Waals surface area contributed by atoms with E-state index in [1.807, 2.05) is 18.2 Å². The van der Waals surface area contributed by atoms with E-state index in [1.165, 1.54) is 11.1 Å². The molecule has 1 atom stereocenters. The molecule has 1 unspecified atom stereocenters. The van der Waals surface area contributed by atoms with Gasteiger partial charge < -0.3 is 5.32 Å². The van der Waals surface area contributed by atoms with Crippen LogP contribution in [0.2, 0.25) is 5.02 Å². The Kier molecular flexibility index (Phi) is 7.03. The van der Waals surface area contributed by atoms with Gasteiger partial charge in [-0.2, -0.15) is 0 Å². The summed E-state index contributed by atoms with van der Waals surface area (Å²) in [6.45, 7) is 4.62. The number of hydrogen-bond donors (Lipinski definition) is 1. The summed E-state index contributed by atoms with van der Waals surface area (Å²) in [4.78, 5) is 28.5. The molecule has 1 heterocycles. The maximum Gasteiger partial charge on any atom is 0.228 e.